The molecule has 0 unspecified atom stereocenters. The standard InChI is InChI=1S/C4H5BrN2OS/c1-2-8-4-7-6-3(5)9-4/h2H2,1H3. The Hall–Kier alpha value is -0.160. The van der Waals surface area contributed by atoms with Gasteiger partial charge in [0.25, 0.3) is 5.19 Å². The first-order chi connectivity index (χ1) is 4.33. The van der Waals surface area contributed by atoms with E-state index < -0.39 is 0 Å². The van der Waals surface area contributed by atoms with Gasteiger partial charge in [0.2, 0.25) is 0 Å². The maximum Gasteiger partial charge on any atom is 0.294 e. The predicted molar refractivity (Wildman–Crippen MR) is 38.8 cm³/mol. The van der Waals surface area contributed by atoms with E-state index >= 15 is 0 Å². The summed E-state index contributed by atoms with van der Waals surface area (Å²) in [7, 11) is 0. The number of halogens is 1. The molecule has 0 saturated carbocycles. The summed E-state index contributed by atoms with van der Waals surface area (Å²) in [5.74, 6) is 0. The Morgan fingerprint density at radius 1 is 1.67 bits per heavy atom. The number of ether oxygens (including phenoxy) is 1. The molecule has 0 aromatic carbocycles. The fraction of sp³-hybridized carbons (Fsp3) is 0.500. The van der Waals surface area contributed by atoms with Crippen molar-refractivity contribution in [1.29, 1.82) is 0 Å². The molecule has 0 radical (unpaired) electrons. The molecule has 0 amide bonds. The largest absolute Gasteiger partial charge is 0.469 e. The number of aromatic nitrogens is 2. The maximum atomic E-state index is 5.04. The second-order valence-corrected chi connectivity index (χ2v) is 3.47. The van der Waals surface area contributed by atoms with Gasteiger partial charge in [-0.25, -0.2) is 0 Å². The molecule has 9 heavy (non-hydrogen) atoms. The van der Waals surface area contributed by atoms with Crippen LogP contribution in [0.2, 0.25) is 0 Å². The molecule has 50 valence electrons. The molecule has 1 aromatic rings. The Balaban J connectivity index is 2.61. The number of hydrogen-bond acceptors (Lipinski definition) is 4. The summed E-state index contributed by atoms with van der Waals surface area (Å²) in [6.07, 6.45) is 0. The normalized spacial score (nSPS) is 9.56. The number of nitrogens with zero attached hydrogens (tertiary/aromatic N) is 2. The Kier molecular flexibility index (Phi) is 2.41. The van der Waals surface area contributed by atoms with E-state index in [1.54, 1.807) is 0 Å². The molecular formula is C4H5BrN2OS. The fourth-order valence-electron chi connectivity index (χ4n) is 0.375. The molecule has 0 fully saturated rings. The van der Waals surface area contributed by atoms with Crippen molar-refractivity contribution in [2.75, 3.05) is 6.61 Å². The average molecular weight is 209 g/mol. The van der Waals surface area contributed by atoms with Crippen molar-refractivity contribution in [2.45, 2.75) is 6.92 Å². The summed E-state index contributed by atoms with van der Waals surface area (Å²) in [6.45, 7) is 2.55. The lowest BCUT2D eigenvalue weighted by Crippen LogP contribution is -1.89. The van der Waals surface area contributed by atoms with Gasteiger partial charge in [0, 0.05) is 0 Å². The summed E-state index contributed by atoms with van der Waals surface area (Å²) in [4.78, 5) is 0. The summed E-state index contributed by atoms with van der Waals surface area (Å²) in [5.41, 5.74) is 0. The second-order valence-electron chi connectivity index (χ2n) is 1.25. The summed E-state index contributed by atoms with van der Waals surface area (Å²) >= 11 is 4.55. The first kappa shape index (κ1) is 6.95. The third-order valence-corrected chi connectivity index (χ3v) is 1.92. The fourth-order valence-corrected chi connectivity index (χ4v) is 1.35. The van der Waals surface area contributed by atoms with Crippen molar-refractivity contribution in [3.05, 3.63) is 3.92 Å². The van der Waals surface area contributed by atoms with E-state index in [-0.39, 0.29) is 0 Å². The van der Waals surface area contributed by atoms with Crippen molar-refractivity contribution in [1.82, 2.24) is 10.2 Å². The van der Waals surface area contributed by atoms with Gasteiger partial charge >= 0.3 is 0 Å². The van der Waals surface area contributed by atoms with Crippen LogP contribution in [0.5, 0.6) is 5.19 Å². The Labute approximate surface area is 65.2 Å². The topological polar surface area (TPSA) is 35.0 Å². The minimum atomic E-state index is 0.615. The molecule has 3 nitrogen and oxygen atoms in total. The smallest absolute Gasteiger partial charge is 0.294 e. The average Bonchev–Trinajstić information content (AvgIpc) is 2.17. The highest BCUT2D eigenvalue weighted by molar-refractivity contribution is 9.11. The first-order valence-corrected chi connectivity index (χ1v) is 4.05. The van der Waals surface area contributed by atoms with Crippen LogP contribution in [0.4, 0.5) is 0 Å². The van der Waals surface area contributed by atoms with Gasteiger partial charge in [-0.2, -0.15) is 0 Å². The molecule has 5 heteroatoms. The summed E-state index contributed by atoms with van der Waals surface area (Å²) in [5, 5.41) is 8.02. The molecule has 0 bridgehead atoms. The van der Waals surface area contributed by atoms with E-state index in [0.717, 1.165) is 3.92 Å². The summed E-state index contributed by atoms with van der Waals surface area (Å²) in [6, 6.07) is 0. The van der Waals surface area contributed by atoms with Gasteiger partial charge in [0.05, 0.1) is 6.61 Å². The quantitative estimate of drug-likeness (QED) is 0.743. The van der Waals surface area contributed by atoms with E-state index in [2.05, 4.69) is 26.1 Å². The van der Waals surface area contributed by atoms with E-state index in [0.29, 0.717) is 11.8 Å². The molecule has 0 aliphatic heterocycles. The lowest BCUT2D eigenvalue weighted by atomic mass is 10.9. The lowest BCUT2D eigenvalue weighted by Gasteiger charge is -1.90. The molecule has 0 N–H and O–H groups in total. The van der Waals surface area contributed by atoms with Crippen LogP contribution >= 0.6 is 27.3 Å². The third kappa shape index (κ3) is 1.91. The van der Waals surface area contributed by atoms with Crippen molar-refractivity contribution >= 4 is 27.3 Å². The minimum absolute atomic E-state index is 0.615. The zero-order valence-electron chi connectivity index (χ0n) is 4.80. The molecule has 0 aliphatic rings. The van der Waals surface area contributed by atoms with Gasteiger partial charge in [0.1, 0.15) is 0 Å². The van der Waals surface area contributed by atoms with Gasteiger partial charge < -0.3 is 4.74 Å². The Morgan fingerprint density at radius 2 is 2.44 bits per heavy atom. The highest BCUT2D eigenvalue weighted by Crippen LogP contribution is 2.21. The van der Waals surface area contributed by atoms with E-state index in [4.69, 9.17) is 4.74 Å². The maximum absolute atomic E-state index is 5.04. The van der Waals surface area contributed by atoms with Gasteiger partial charge in [-0.05, 0) is 34.2 Å². The predicted octanol–water partition coefficient (Wildman–Crippen LogP) is 1.70. The van der Waals surface area contributed by atoms with Crippen LogP contribution in [-0.2, 0) is 0 Å². The van der Waals surface area contributed by atoms with Gasteiger partial charge in [-0.15, -0.1) is 5.10 Å². The highest BCUT2D eigenvalue weighted by atomic mass is 79.9. The van der Waals surface area contributed by atoms with Crippen LogP contribution in [0.1, 0.15) is 6.92 Å². The molecule has 1 rings (SSSR count). The second kappa shape index (κ2) is 3.12. The van der Waals surface area contributed by atoms with Crippen LogP contribution in [0.25, 0.3) is 0 Å². The van der Waals surface area contributed by atoms with Crippen LogP contribution < -0.4 is 4.74 Å². The van der Waals surface area contributed by atoms with Crippen LogP contribution in [0, 0.1) is 0 Å². The van der Waals surface area contributed by atoms with Crippen molar-refractivity contribution in [3.8, 4) is 5.19 Å². The van der Waals surface area contributed by atoms with Crippen LogP contribution in [0.3, 0.4) is 0 Å². The van der Waals surface area contributed by atoms with Crippen molar-refractivity contribution < 1.29 is 4.74 Å². The van der Waals surface area contributed by atoms with Crippen LogP contribution in [-0.4, -0.2) is 16.8 Å². The lowest BCUT2D eigenvalue weighted by molar-refractivity contribution is 0.335. The molecule has 1 aromatic heterocycles. The minimum Gasteiger partial charge on any atom is -0.469 e. The molecule has 1 heterocycles. The van der Waals surface area contributed by atoms with Crippen LogP contribution in [0.15, 0.2) is 3.92 Å². The molecule has 0 saturated heterocycles. The van der Waals surface area contributed by atoms with Crippen molar-refractivity contribution in [2.24, 2.45) is 0 Å². The molecular weight excluding hydrogens is 204 g/mol. The zero-order chi connectivity index (χ0) is 6.69. The monoisotopic (exact) mass is 208 g/mol. The SMILES string of the molecule is CCOc1nnc(Br)s1. The van der Waals surface area contributed by atoms with Gasteiger partial charge in [-0.3, -0.25) is 0 Å². The first-order valence-electron chi connectivity index (χ1n) is 2.44. The molecule has 0 atom stereocenters. The zero-order valence-corrected chi connectivity index (χ0v) is 7.20. The highest BCUT2D eigenvalue weighted by Gasteiger charge is 1.98. The number of hydrogen-bond donors (Lipinski definition) is 0. The third-order valence-electron chi connectivity index (χ3n) is 0.650. The Morgan fingerprint density at radius 3 is 2.89 bits per heavy atom. The summed E-state index contributed by atoms with van der Waals surface area (Å²) < 4.78 is 5.80. The number of rotatable bonds is 2. The van der Waals surface area contributed by atoms with Gasteiger partial charge in [0.15, 0.2) is 3.92 Å². The van der Waals surface area contributed by atoms with Crippen molar-refractivity contribution in [3.63, 3.8) is 0 Å². The Bertz CT molecular complexity index is 190. The van der Waals surface area contributed by atoms with E-state index in [9.17, 15) is 0 Å². The van der Waals surface area contributed by atoms with Gasteiger partial charge in [-0.1, -0.05) is 5.10 Å². The van der Waals surface area contributed by atoms with E-state index in [1.165, 1.54) is 11.3 Å². The van der Waals surface area contributed by atoms with E-state index in [1.807, 2.05) is 6.92 Å². The molecule has 0 spiro atoms. The molecule has 0 aliphatic carbocycles.